The van der Waals surface area contributed by atoms with Crippen LogP contribution in [0, 0.1) is 0 Å². The fourth-order valence-electron chi connectivity index (χ4n) is 1.21. The standard InChI is InChI=1S/C7H10BrCl2S/c1-6(11)3-2-5(8)4-7(6,9)10/h5H,2-4H2,1H3. The third-order valence-electron chi connectivity index (χ3n) is 2.19. The van der Waals surface area contributed by atoms with E-state index in [2.05, 4.69) is 15.9 Å². The first-order chi connectivity index (χ1) is 4.85. The molecule has 2 atom stereocenters. The SMILES string of the molecule is CC1([S])CCC(Br)CC1(Cl)Cl. The number of halogens is 3. The van der Waals surface area contributed by atoms with E-state index >= 15 is 0 Å². The molecule has 0 aromatic heterocycles. The van der Waals surface area contributed by atoms with Gasteiger partial charge in [0.1, 0.15) is 4.33 Å². The first kappa shape index (κ1) is 10.5. The Morgan fingerprint density at radius 3 is 2.45 bits per heavy atom. The fourth-order valence-corrected chi connectivity index (χ4v) is 3.06. The molecule has 0 spiro atoms. The zero-order valence-corrected chi connectivity index (χ0v) is 10.2. The first-order valence-corrected chi connectivity index (χ1v) is 5.65. The molecule has 1 fully saturated rings. The molecule has 0 aliphatic heterocycles. The predicted octanol–water partition coefficient (Wildman–Crippen LogP) is 4.06. The molecule has 0 N–H and O–H groups in total. The largest absolute Gasteiger partial charge is 0.134 e. The molecule has 1 saturated carbocycles. The van der Waals surface area contributed by atoms with Crippen LogP contribution in [-0.2, 0) is 0 Å². The monoisotopic (exact) mass is 275 g/mol. The Labute approximate surface area is 91.6 Å². The van der Waals surface area contributed by atoms with Gasteiger partial charge in [-0.3, -0.25) is 0 Å². The summed E-state index contributed by atoms with van der Waals surface area (Å²) in [5, 5.41) is 0. The van der Waals surface area contributed by atoms with Crippen molar-refractivity contribution < 1.29 is 0 Å². The molecule has 65 valence electrons. The van der Waals surface area contributed by atoms with Gasteiger partial charge < -0.3 is 0 Å². The topological polar surface area (TPSA) is 0 Å². The minimum Gasteiger partial charge on any atom is -0.100 e. The highest BCUT2D eigenvalue weighted by molar-refractivity contribution is 9.09. The highest BCUT2D eigenvalue weighted by Gasteiger charge is 2.47. The van der Waals surface area contributed by atoms with Crippen molar-refractivity contribution in [3.8, 4) is 0 Å². The van der Waals surface area contributed by atoms with Crippen LogP contribution in [0.4, 0.5) is 0 Å². The minimum absolute atomic E-state index is 0.361. The van der Waals surface area contributed by atoms with E-state index < -0.39 is 4.33 Å². The van der Waals surface area contributed by atoms with Crippen LogP contribution < -0.4 is 0 Å². The van der Waals surface area contributed by atoms with Gasteiger partial charge in [0, 0.05) is 4.83 Å². The highest BCUT2D eigenvalue weighted by atomic mass is 79.9. The van der Waals surface area contributed by atoms with Gasteiger partial charge in [0.15, 0.2) is 0 Å². The summed E-state index contributed by atoms with van der Waals surface area (Å²) in [4.78, 5) is 0.425. The lowest BCUT2D eigenvalue weighted by Crippen LogP contribution is -2.44. The second-order valence-corrected chi connectivity index (χ2v) is 6.96. The number of hydrogen-bond acceptors (Lipinski definition) is 0. The van der Waals surface area contributed by atoms with E-state index in [0.29, 0.717) is 4.83 Å². The second kappa shape index (κ2) is 3.28. The van der Waals surface area contributed by atoms with Crippen LogP contribution in [0.25, 0.3) is 0 Å². The lowest BCUT2D eigenvalue weighted by molar-refractivity contribution is 0.412. The summed E-state index contributed by atoms with van der Waals surface area (Å²) in [6.07, 6.45) is 2.72. The highest BCUT2D eigenvalue weighted by Crippen LogP contribution is 2.50. The maximum atomic E-state index is 6.09. The lowest BCUT2D eigenvalue weighted by atomic mass is 9.88. The van der Waals surface area contributed by atoms with Gasteiger partial charge in [-0.05, 0) is 26.2 Å². The van der Waals surface area contributed by atoms with E-state index in [0.717, 1.165) is 19.3 Å². The zero-order valence-electron chi connectivity index (χ0n) is 6.24. The number of hydrogen-bond donors (Lipinski definition) is 0. The van der Waals surface area contributed by atoms with Crippen LogP contribution >= 0.6 is 51.8 Å². The van der Waals surface area contributed by atoms with Crippen molar-refractivity contribution in [2.75, 3.05) is 0 Å². The summed E-state index contributed by atoms with van der Waals surface area (Å²) >= 11 is 21.0. The van der Waals surface area contributed by atoms with Crippen molar-refractivity contribution in [1.29, 1.82) is 0 Å². The maximum Gasteiger partial charge on any atom is 0.134 e. The average Bonchev–Trinajstić information content (AvgIpc) is 1.80. The molecule has 11 heavy (non-hydrogen) atoms. The van der Waals surface area contributed by atoms with Crippen LogP contribution in [0.2, 0.25) is 0 Å². The molecule has 4 heteroatoms. The van der Waals surface area contributed by atoms with Crippen molar-refractivity contribution in [1.82, 2.24) is 0 Å². The summed E-state index contributed by atoms with van der Waals surface area (Å²) < 4.78 is -1.10. The van der Waals surface area contributed by atoms with Gasteiger partial charge >= 0.3 is 0 Å². The third kappa shape index (κ3) is 2.20. The Hall–Kier alpha value is 1.41. The van der Waals surface area contributed by atoms with E-state index in [1.165, 1.54) is 0 Å². The van der Waals surface area contributed by atoms with Crippen LogP contribution in [-0.4, -0.2) is 13.9 Å². The molecule has 1 aliphatic carbocycles. The van der Waals surface area contributed by atoms with Gasteiger partial charge in [-0.15, -0.1) is 23.2 Å². The second-order valence-electron chi connectivity index (χ2n) is 3.28. The molecule has 0 aromatic carbocycles. The Balaban J connectivity index is 2.72. The first-order valence-electron chi connectivity index (χ1n) is 3.57. The van der Waals surface area contributed by atoms with E-state index in [1.54, 1.807) is 0 Å². The van der Waals surface area contributed by atoms with Crippen LogP contribution in [0.5, 0.6) is 0 Å². The molecule has 0 saturated heterocycles. The summed E-state index contributed by atoms with van der Waals surface area (Å²) in [5.74, 6) is 0. The Kier molecular flexibility index (Phi) is 3.13. The Bertz CT molecular complexity index is 159. The Morgan fingerprint density at radius 1 is 1.55 bits per heavy atom. The van der Waals surface area contributed by atoms with Crippen molar-refractivity contribution in [3.05, 3.63) is 0 Å². The average molecular weight is 277 g/mol. The summed E-state index contributed by atoms with van der Waals surface area (Å²) in [7, 11) is 0. The zero-order chi connectivity index (χ0) is 8.70. The molecule has 2 unspecified atom stereocenters. The molecule has 0 heterocycles. The summed E-state index contributed by atoms with van der Waals surface area (Å²) in [6.45, 7) is 1.95. The van der Waals surface area contributed by atoms with Crippen molar-refractivity contribution in [2.45, 2.75) is 40.1 Å². The van der Waals surface area contributed by atoms with Crippen molar-refractivity contribution >= 4 is 51.8 Å². The summed E-state index contributed by atoms with van der Waals surface area (Å²) in [6, 6.07) is 0. The molecular formula is C7H10BrCl2S. The number of rotatable bonds is 0. The maximum absolute atomic E-state index is 6.09. The predicted molar refractivity (Wildman–Crippen MR) is 57.0 cm³/mol. The molecule has 1 aliphatic rings. The van der Waals surface area contributed by atoms with Crippen molar-refractivity contribution in [2.24, 2.45) is 0 Å². The minimum atomic E-state index is -0.741. The molecule has 0 bridgehead atoms. The van der Waals surface area contributed by atoms with E-state index in [4.69, 9.17) is 35.8 Å². The van der Waals surface area contributed by atoms with Gasteiger partial charge in [-0.1, -0.05) is 28.6 Å². The van der Waals surface area contributed by atoms with Crippen molar-refractivity contribution in [3.63, 3.8) is 0 Å². The molecule has 0 nitrogen and oxygen atoms in total. The number of alkyl halides is 3. The quantitative estimate of drug-likeness (QED) is 0.586. The van der Waals surface area contributed by atoms with E-state index in [1.807, 2.05) is 6.92 Å². The van der Waals surface area contributed by atoms with Gasteiger partial charge in [0.2, 0.25) is 0 Å². The Morgan fingerprint density at radius 2 is 2.09 bits per heavy atom. The van der Waals surface area contributed by atoms with E-state index in [-0.39, 0.29) is 4.75 Å². The van der Waals surface area contributed by atoms with Crippen LogP contribution in [0.3, 0.4) is 0 Å². The molecule has 0 aromatic rings. The van der Waals surface area contributed by atoms with Gasteiger partial charge in [0.25, 0.3) is 0 Å². The summed E-state index contributed by atoms with van der Waals surface area (Å²) in [5.41, 5.74) is 0. The van der Waals surface area contributed by atoms with Gasteiger partial charge in [0.05, 0.1) is 4.75 Å². The third-order valence-corrected chi connectivity index (χ3v) is 4.89. The van der Waals surface area contributed by atoms with Crippen LogP contribution in [0.15, 0.2) is 0 Å². The van der Waals surface area contributed by atoms with Gasteiger partial charge in [-0.25, -0.2) is 0 Å². The lowest BCUT2D eigenvalue weighted by Gasteiger charge is -2.41. The fraction of sp³-hybridized carbons (Fsp3) is 1.00. The van der Waals surface area contributed by atoms with E-state index in [9.17, 15) is 0 Å². The molecule has 1 rings (SSSR count). The molecule has 1 radical (unpaired) electrons. The molecular weight excluding hydrogens is 267 g/mol. The smallest absolute Gasteiger partial charge is 0.100 e. The van der Waals surface area contributed by atoms with Crippen LogP contribution in [0.1, 0.15) is 26.2 Å². The molecule has 0 amide bonds. The van der Waals surface area contributed by atoms with Gasteiger partial charge in [-0.2, -0.15) is 0 Å². The normalized spacial score (nSPS) is 43.9.